The van der Waals surface area contributed by atoms with Crippen molar-refractivity contribution in [3.8, 4) is 0 Å². The third-order valence-corrected chi connectivity index (χ3v) is 10.8. The average Bonchev–Trinajstić information content (AvgIpc) is 2.92. The predicted octanol–water partition coefficient (Wildman–Crippen LogP) is 1.81. The van der Waals surface area contributed by atoms with E-state index < -0.39 is 50.4 Å². The number of nitrogens with one attached hydrogen (secondary N) is 1. The van der Waals surface area contributed by atoms with Crippen molar-refractivity contribution < 1.29 is 37.5 Å². The van der Waals surface area contributed by atoms with E-state index in [0.717, 1.165) is 0 Å². The van der Waals surface area contributed by atoms with Crippen molar-refractivity contribution in [2.24, 2.45) is 0 Å². The first-order valence-electron chi connectivity index (χ1n) is 7.31. The second kappa shape index (κ2) is 12.2. The molecule has 2 rings (SSSR count). The van der Waals surface area contributed by atoms with E-state index in [0.29, 0.717) is 6.42 Å². The average molecular weight is 734 g/mol. The molecular weight excluding hydrogens is 720 g/mol. The molecule has 1 aliphatic heterocycles. The molecule has 2 heterocycles. The van der Waals surface area contributed by atoms with Crippen molar-refractivity contribution in [1.29, 1.82) is 0 Å². The molecule has 0 saturated carbocycles. The molecule has 5 atom stereocenters. The van der Waals surface area contributed by atoms with Gasteiger partial charge in [0.15, 0.2) is 0 Å². The van der Waals surface area contributed by atoms with E-state index >= 15 is 0 Å². The van der Waals surface area contributed by atoms with Gasteiger partial charge in [-0.15, -0.1) is 0 Å². The number of nitrogens with zero attached hydrogens (tertiary/aromatic N) is 1. The van der Waals surface area contributed by atoms with Gasteiger partial charge in [0.25, 0.3) is 0 Å². The fourth-order valence-corrected chi connectivity index (χ4v) is 9.90. The van der Waals surface area contributed by atoms with Gasteiger partial charge in [0, 0.05) is 0 Å². The van der Waals surface area contributed by atoms with Crippen LogP contribution in [-0.2, 0) is 17.9 Å². The Kier molecular flexibility index (Phi) is 11.3. The molecule has 5 N–H and O–H groups in total. The Morgan fingerprint density at radius 2 is 1.93 bits per heavy atom. The van der Waals surface area contributed by atoms with Gasteiger partial charge in [0.1, 0.15) is 0 Å². The Morgan fingerprint density at radius 1 is 1.24 bits per heavy atom. The van der Waals surface area contributed by atoms with Gasteiger partial charge in [0.2, 0.25) is 0 Å². The number of rotatable bonds is 9. The molecule has 1 saturated heterocycles. The summed E-state index contributed by atoms with van der Waals surface area (Å²) in [5, 5.41) is 0. The van der Waals surface area contributed by atoms with E-state index in [1.54, 1.807) is 0 Å². The molecule has 1 aromatic heterocycles. The number of hydrogen-bond donors (Lipinski definition) is 5. The third-order valence-electron chi connectivity index (χ3n) is 3.21. The molecule has 166 valence electrons. The second-order valence-corrected chi connectivity index (χ2v) is 21.6. The van der Waals surface area contributed by atoms with E-state index in [-0.39, 0.29) is 26.4 Å². The van der Waals surface area contributed by atoms with Crippen LogP contribution in [0, 0.1) is 0 Å². The number of ether oxygens (including phenoxy) is 1. The molecule has 1 aliphatic rings. The summed E-state index contributed by atoms with van der Waals surface area (Å²) in [6, 6.07) is 1.21. The normalized spacial score (nSPS) is 24.8. The Balaban J connectivity index is 2.02. The fourth-order valence-electron chi connectivity index (χ4n) is 2.28. The van der Waals surface area contributed by atoms with Crippen LogP contribution in [0.4, 0.5) is 0 Å². The van der Waals surface area contributed by atoms with Crippen molar-refractivity contribution in [2.75, 3.05) is 6.61 Å². The number of hydrogen-bond acceptors (Lipinski definition) is 10. The number of halogens is 3. The summed E-state index contributed by atoms with van der Waals surface area (Å²) in [5.41, 5.74) is -1.14. The van der Waals surface area contributed by atoms with Crippen LogP contribution in [0.2, 0.25) is 4.82 Å². The monoisotopic (exact) mass is 732 g/mol. The third kappa shape index (κ3) is 9.55. The molecule has 0 aliphatic carbocycles. The van der Waals surface area contributed by atoms with Gasteiger partial charge < -0.3 is 0 Å². The molecule has 1 fully saturated rings. The molecule has 12 nitrogen and oxygen atoms in total. The molecule has 0 bridgehead atoms. The van der Waals surface area contributed by atoms with Crippen LogP contribution in [0.5, 0.6) is 0 Å². The van der Waals surface area contributed by atoms with Gasteiger partial charge in [-0.2, -0.15) is 0 Å². The SMILES string of the molecule is O=c1ccn(C2O[C@H](COP(O)OP(O)OP(O)O)C[C@@H]2[Se]C(Br)(Br)Br)c(=O)[nH]1. The number of alkyl halides is 3. The Hall–Kier alpha value is 1.61. The van der Waals surface area contributed by atoms with Crippen LogP contribution in [0.15, 0.2) is 21.9 Å². The van der Waals surface area contributed by atoms with E-state index in [2.05, 4.69) is 61.4 Å². The van der Waals surface area contributed by atoms with Gasteiger partial charge in [-0.1, -0.05) is 0 Å². The topological polar surface area (TPSA) is 173 Å². The van der Waals surface area contributed by atoms with Crippen LogP contribution in [-0.4, -0.2) is 57.8 Å². The van der Waals surface area contributed by atoms with Crippen molar-refractivity contribution in [1.82, 2.24) is 9.55 Å². The van der Waals surface area contributed by atoms with E-state index in [4.69, 9.17) is 19.0 Å². The van der Waals surface area contributed by atoms with Crippen LogP contribution in [0.25, 0.3) is 0 Å². The minimum atomic E-state index is -2.84. The molecule has 0 spiro atoms. The maximum absolute atomic E-state index is 12.2. The quantitative estimate of drug-likeness (QED) is 0.143. The molecule has 0 amide bonds. The summed E-state index contributed by atoms with van der Waals surface area (Å²) in [7, 11) is -8.12. The summed E-state index contributed by atoms with van der Waals surface area (Å²) in [5.74, 6) is 0. The summed E-state index contributed by atoms with van der Waals surface area (Å²) in [4.78, 5) is 61.7. The van der Waals surface area contributed by atoms with Gasteiger partial charge in [-0.3, -0.25) is 0 Å². The molecule has 1 aromatic rings. The van der Waals surface area contributed by atoms with Crippen molar-refractivity contribution in [3.05, 3.63) is 33.1 Å². The summed E-state index contributed by atoms with van der Waals surface area (Å²) >= 11 is 10.2. The van der Waals surface area contributed by atoms with Crippen molar-refractivity contribution >= 4 is 88.6 Å². The summed E-state index contributed by atoms with van der Waals surface area (Å²) in [6.07, 6.45) is 0.598. The van der Waals surface area contributed by atoms with Crippen molar-refractivity contribution in [2.45, 2.75) is 24.6 Å². The summed E-state index contributed by atoms with van der Waals surface area (Å²) < 4.78 is 20.5. The second-order valence-electron chi connectivity index (χ2n) is 5.19. The van der Waals surface area contributed by atoms with Gasteiger partial charge >= 0.3 is 200 Å². The molecule has 3 unspecified atom stereocenters. The molecule has 0 aromatic carbocycles. The zero-order valence-corrected chi connectivity index (χ0v) is 23.0. The van der Waals surface area contributed by atoms with E-state index in [1.165, 1.54) is 16.8 Å². The first-order chi connectivity index (χ1) is 13.4. The molecule has 0 radical (unpaired) electrons. The standard InChI is InChI=1S/C10H14Br3N2O10P3Se/c11-10(12,13)29-6-3-5(4-22-27(20)25-28(21)24-26(18)19)23-8(6)15-2-1-7(16)14-9(15)17/h1-2,5-6,8,18-21H,3-4H2,(H,14,16,17)/t5-,6-,8?,27?,28?/m0/s1. The van der Waals surface area contributed by atoms with Crippen LogP contribution < -0.4 is 11.2 Å². The zero-order chi connectivity index (χ0) is 21.8. The summed E-state index contributed by atoms with van der Waals surface area (Å²) in [6.45, 7) is -0.126. The van der Waals surface area contributed by atoms with Crippen LogP contribution in [0.3, 0.4) is 0 Å². The van der Waals surface area contributed by atoms with Gasteiger partial charge in [-0.25, -0.2) is 0 Å². The van der Waals surface area contributed by atoms with Crippen LogP contribution in [0.1, 0.15) is 12.6 Å². The maximum atomic E-state index is 12.2. The fraction of sp³-hybridized carbons (Fsp3) is 0.600. The zero-order valence-electron chi connectivity index (χ0n) is 13.9. The van der Waals surface area contributed by atoms with E-state index in [9.17, 15) is 19.4 Å². The Morgan fingerprint density at radius 3 is 2.52 bits per heavy atom. The Bertz CT molecular complexity index is 782. The molecule has 29 heavy (non-hydrogen) atoms. The molecular formula is C10H14Br3N2O10P3Se. The first kappa shape index (κ1) is 26.9. The van der Waals surface area contributed by atoms with Gasteiger partial charge in [0.05, 0.1) is 0 Å². The van der Waals surface area contributed by atoms with Crippen molar-refractivity contribution in [3.63, 3.8) is 0 Å². The van der Waals surface area contributed by atoms with E-state index in [1.807, 2.05) is 0 Å². The van der Waals surface area contributed by atoms with Crippen LogP contribution >= 0.6 is 73.6 Å². The van der Waals surface area contributed by atoms with Gasteiger partial charge in [-0.05, 0) is 0 Å². The predicted molar refractivity (Wildman–Crippen MR) is 117 cm³/mol. The Labute approximate surface area is 198 Å². The number of aromatic amines is 1. The molecule has 19 heteroatoms. The number of H-pyrrole nitrogens is 1. The number of aromatic nitrogens is 2. The first-order valence-corrected chi connectivity index (χ1v) is 15.0. The minimum absolute atomic E-state index is 0.126.